The molecule has 98 valence electrons. The van der Waals surface area contributed by atoms with Crippen molar-refractivity contribution in [1.82, 2.24) is 0 Å². The van der Waals surface area contributed by atoms with Crippen LogP contribution in [-0.2, 0) is 19.1 Å². The summed E-state index contributed by atoms with van der Waals surface area (Å²) < 4.78 is 4.90. The van der Waals surface area contributed by atoms with Gasteiger partial charge in [0.25, 0.3) is 0 Å². The fourth-order valence-electron chi connectivity index (χ4n) is 2.27. The summed E-state index contributed by atoms with van der Waals surface area (Å²) in [5, 5.41) is 0. The maximum Gasteiger partial charge on any atom is 0.307 e. The topological polar surface area (TPSA) is 60.4 Å². The zero-order chi connectivity index (χ0) is 13.8. The molecule has 2 unspecified atom stereocenters. The van der Waals surface area contributed by atoms with Crippen LogP contribution < -0.4 is 0 Å². The quantitative estimate of drug-likeness (QED) is 0.552. The Morgan fingerprint density at radius 1 is 1.50 bits per heavy atom. The van der Waals surface area contributed by atoms with Gasteiger partial charge < -0.3 is 4.74 Å². The van der Waals surface area contributed by atoms with Crippen LogP contribution in [0.4, 0.5) is 0 Å². The van der Waals surface area contributed by atoms with Crippen LogP contribution in [-0.4, -0.2) is 24.6 Å². The van der Waals surface area contributed by atoms with Gasteiger partial charge in [0, 0.05) is 5.92 Å². The van der Waals surface area contributed by atoms with Crippen molar-refractivity contribution in [2.75, 3.05) is 6.61 Å². The van der Waals surface area contributed by atoms with Crippen molar-refractivity contribution < 1.29 is 19.1 Å². The highest BCUT2D eigenvalue weighted by Gasteiger charge is 2.43. The van der Waals surface area contributed by atoms with Gasteiger partial charge >= 0.3 is 5.97 Å². The number of ketones is 1. The zero-order valence-corrected chi connectivity index (χ0v) is 10.9. The summed E-state index contributed by atoms with van der Waals surface area (Å²) in [5.74, 6) is -0.870. The van der Waals surface area contributed by atoms with E-state index in [-0.39, 0.29) is 24.7 Å². The highest BCUT2D eigenvalue weighted by Crippen LogP contribution is 2.41. The van der Waals surface area contributed by atoms with Crippen LogP contribution in [0.15, 0.2) is 23.8 Å². The molecule has 0 amide bonds. The lowest BCUT2D eigenvalue weighted by molar-refractivity contribution is -0.148. The van der Waals surface area contributed by atoms with Crippen LogP contribution in [0.2, 0.25) is 0 Å². The highest BCUT2D eigenvalue weighted by atomic mass is 16.5. The largest absolute Gasteiger partial charge is 0.466 e. The van der Waals surface area contributed by atoms with Gasteiger partial charge in [0.05, 0.1) is 18.4 Å². The first-order valence-corrected chi connectivity index (χ1v) is 5.99. The van der Waals surface area contributed by atoms with Gasteiger partial charge in [-0.15, -0.1) is 0 Å². The van der Waals surface area contributed by atoms with Gasteiger partial charge in [-0.2, -0.15) is 0 Å². The third kappa shape index (κ3) is 2.58. The molecule has 0 bridgehead atoms. The van der Waals surface area contributed by atoms with Gasteiger partial charge in [-0.25, -0.2) is 0 Å². The average molecular weight is 250 g/mol. The molecule has 4 nitrogen and oxygen atoms in total. The molecule has 0 saturated carbocycles. The van der Waals surface area contributed by atoms with Crippen molar-refractivity contribution in [3.63, 3.8) is 0 Å². The summed E-state index contributed by atoms with van der Waals surface area (Å²) in [4.78, 5) is 34.5. The van der Waals surface area contributed by atoms with Gasteiger partial charge in [-0.05, 0) is 19.4 Å². The summed E-state index contributed by atoms with van der Waals surface area (Å²) >= 11 is 0. The van der Waals surface area contributed by atoms with Gasteiger partial charge in [0.15, 0.2) is 0 Å². The fourth-order valence-corrected chi connectivity index (χ4v) is 2.27. The van der Waals surface area contributed by atoms with Crippen LogP contribution in [0.5, 0.6) is 0 Å². The molecule has 18 heavy (non-hydrogen) atoms. The molecule has 0 aromatic carbocycles. The summed E-state index contributed by atoms with van der Waals surface area (Å²) in [5.41, 5.74) is -0.436. The van der Waals surface area contributed by atoms with E-state index in [4.69, 9.17) is 4.74 Å². The number of Topliss-reactive ketones (excluding diaryl/α,β-unsaturated/α-hetero) is 1. The van der Waals surface area contributed by atoms with Crippen LogP contribution in [0.25, 0.3) is 0 Å². The minimum Gasteiger partial charge on any atom is -0.466 e. The number of aldehydes is 1. The van der Waals surface area contributed by atoms with E-state index in [9.17, 15) is 14.4 Å². The first-order valence-electron chi connectivity index (χ1n) is 5.99. The Hall–Kier alpha value is -1.71. The van der Waals surface area contributed by atoms with Crippen LogP contribution in [0.3, 0.4) is 0 Å². The predicted molar refractivity (Wildman–Crippen MR) is 66.8 cm³/mol. The number of esters is 1. The molecule has 2 atom stereocenters. The Balaban J connectivity index is 3.06. The van der Waals surface area contributed by atoms with Gasteiger partial charge in [-0.1, -0.05) is 25.2 Å². The van der Waals surface area contributed by atoms with Crippen LogP contribution in [0.1, 0.15) is 27.2 Å². The number of rotatable bonds is 5. The van der Waals surface area contributed by atoms with Gasteiger partial charge in [-0.3, -0.25) is 14.4 Å². The van der Waals surface area contributed by atoms with Crippen molar-refractivity contribution in [2.24, 2.45) is 11.3 Å². The average Bonchev–Trinajstić information content (AvgIpc) is 2.32. The van der Waals surface area contributed by atoms with E-state index in [0.717, 1.165) is 6.29 Å². The predicted octanol–water partition coefficient (Wildman–Crippen LogP) is 1.85. The molecular formula is C14H18O4. The molecule has 1 aliphatic carbocycles. The molecule has 0 saturated heterocycles. The molecule has 1 rings (SSSR count). The molecule has 0 fully saturated rings. The third-order valence-corrected chi connectivity index (χ3v) is 3.49. The SMILES string of the molecule is CCOC(=O)CC1(C(C)=O)C=CC=C(C=O)C1C. The Bertz CT molecular complexity index is 420. The zero-order valence-electron chi connectivity index (χ0n) is 10.9. The molecule has 0 radical (unpaired) electrons. The number of hydrogen-bond acceptors (Lipinski definition) is 4. The minimum atomic E-state index is -0.961. The lowest BCUT2D eigenvalue weighted by atomic mass is 9.66. The Morgan fingerprint density at radius 2 is 2.17 bits per heavy atom. The second kappa shape index (κ2) is 5.76. The first-order chi connectivity index (χ1) is 8.47. The second-order valence-electron chi connectivity index (χ2n) is 4.44. The van der Waals surface area contributed by atoms with Crippen LogP contribution in [0, 0.1) is 11.3 Å². The minimum absolute atomic E-state index is 0.0288. The highest BCUT2D eigenvalue weighted by molar-refractivity contribution is 5.92. The number of carbonyl (C=O) groups is 3. The molecule has 0 spiro atoms. The maximum atomic E-state index is 11.9. The number of hydrogen-bond donors (Lipinski definition) is 0. The lowest BCUT2D eigenvalue weighted by Crippen LogP contribution is -2.39. The Labute approximate surface area is 107 Å². The van der Waals surface area contributed by atoms with E-state index >= 15 is 0 Å². The monoisotopic (exact) mass is 250 g/mol. The molecule has 0 aromatic heterocycles. The molecular weight excluding hydrogens is 232 g/mol. The van der Waals surface area contributed by atoms with E-state index in [2.05, 4.69) is 0 Å². The van der Waals surface area contributed by atoms with E-state index in [1.54, 1.807) is 32.1 Å². The normalized spacial score (nSPS) is 26.4. The Morgan fingerprint density at radius 3 is 2.67 bits per heavy atom. The molecule has 0 aromatic rings. The molecule has 0 N–H and O–H groups in total. The Kier molecular flexibility index (Phi) is 4.59. The van der Waals surface area contributed by atoms with Crippen molar-refractivity contribution in [2.45, 2.75) is 27.2 Å². The second-order valence-corrected chi connectivity index (χ2v) is 4.44. The number of ether oxygens (including phenoxy) is 1. The maximum absolute atomic E-state index is 11.9. The molecule has 1 aliphatic rings. The number of carbonyl (C=O) groups excluding carboxylic acids is 3. The molecule has 0 aliphatic heterocycles. The lowest BCUT2D eigenvalue weighted by Gasteiger charge is -2.35. The molecule has 4 heteroatoms. The smallest absolute Gasteiger partial charge is 0.307 e. The van der Waals surface area contributed by atoms with E-state index in [0.29, 0.717) is 5.57 Å². The van der Waals surface area contributed by atoms with E-state index in [1.807, 2.05) is 0 Å². The van der Waals surface area contributed by atoms with Gasteiger partial charge in [0.2, 0.25) is 0 Å². The van der Waals surface area contributed by atoms with Crippen molar-refractivity contribution in [3.05, 3.63) is 23.8 Å². The van der Waals surface area contributed by atoms with Crippen molar-refractivity contribution >= 4 is 18.0 Å². The third-order valence-electron chi connectivity index (χ3n) is 3.49. The standard InChI is InChI=1S/C14H18O4/c1-4-18-13(17)8-14(11(3)16)7-5-6-12(9-15)10(14)2/h5-7,9-10H,4,8H2,1-3H3. The van der Waals surface area contributed by atoms with Crippen LogP contribution >= 0.6 is 0 Å². The summed E-state index contributed by atoms with van der Waals surface area (Å²) in [7, 11) is 0. The summed E-state index contributed by atoms with van der Waals surface area (Å²) in [6.45, 7) is 5.22. The van der Waals surface area contributed by atoms with Crippen molar-refractivity contribution in [3.8, 4) is 0 Å². The fraction of sp³-hybridized carbons (Fsp3) is 0.500. The van der Waals surface area contributed by atoms with Gasteiger partial charge in [0.1, 0.15) is 12.1 Å². The van der Waals surface area contributed by atoms with Crippen molar-refractivity contribution in [1.29, 1.82) is 0 Å². The van der Waals surface area contributed by atoms with E-state index in [1.165, 1.54) is 6.92 Å². The summed E-state index contributed by atoms with van der Waals surface area (Å²) in [6.07, 6.45) is 5.73. The number of allylic oxidation sites excluding steroid dienone is 4. The molecule has 0 heterocycles. The summed E-state index contributed by atoms with van der Waals surface area (Å²) in [6, 6.07) is 0. The van der Waals surface area contributed by atoms with E-state index < -0.39 is 11.4 Å². The first kappa shape index (κ1) is 14.4.